The fourth-order valence-corrected chi connectivity index (χ4v) is 4.24. The van der Waals surface area contributed by atoms with Crippen LogP contribution >= 0.6 is 0 Å². The molecule has 0 spiro atoms. The van der Waals surface area contributed by atoms with Crippen LogP contribution in [0.1, 0.15) is 24.5 Å². The van der Waals surface area contributed by atoms with E-state index in [0.29, 0.717) is 24.5 Å². The van der Waals surface area contributed by atoms with Gasteiger partial charge in [0.15, 0.2) is 0 Å². The number of β-amino-alcohol motifs (C(OH)–C–C–N with tert-alkyl or cyclic N) is 1. The summed E-state index contributed by atoms with van der Waals surface area (Å²) >= 11 is 0. The molecule has 4 rings (SSSR count). The van der Waals surface area contributed by atoms with E-state index in [1.165, 1.54) is 0 Å². The Morgan fingerprint density at radius 2 is 1.68 bits per heavy atom. The van der Waals surface area contributed by atoms with Crippen LogP contribution < -0.4 is 4.74 Å². The second-order valence-electron chi connectivity index (χ2n) is 7.24. The van der Waals surface area contributed by atoms with Gasteiger partial charge in [0.05, 0.1) is 12.2 Å². The van der Waals surface area contributed by atoms with Gasteiger partial charge in [0, 0.05) is 32.0 Å². The molecule has 2 fully saturated rings. The molecule has 1 saturated heterocycles. The first-order chi connectivity index (χ1) is 12.2. The lowest BCUT2D eigenvalue weighted by Crippen LogP contribution is -2.28. The van der Waals surface area contributed by atoms with Crippen molar-refractivity contribution in [2.24, 2.45) is 11.8 Å². The number of likely N-dealkylation sites (tertiary alicyclic amines) is 1. The average Bonchev–Trinajstić information content (AvgIpc) is 3.14. The van der Waals surface area contributed by atoms with E-state index in [0.717, 1.165) is 37.2 Å². The molecular weight excluding hydrogens is 316 g/mol. The van der Waals surface area contributed by atoms with E-state index in [1.54, 1.807) is 36.7 Å². The van der Waals surface area contributed by atoms with Gasteiger partial charge < -0.3 is 14.9 Å². The molecule has 2 aromatic rings. The van der Waals surface area contributed by atoms with Crippen LogP contribution in [0.25, 0.3) is 0 Å². The number of pyridine rings is 1. The number of aliphatic hydroxyl groups is 1. The van der Waals surface area contributed by atoms with E-state index in [2.05, 4.69) is 9.88 Å². The summed E-state index contributed by atoms with van der Waals surface area (Å²) in [6.07, 6.45) is 5.47. The Morgan fingerprint density at radius 1 is 1.04 bits per heavy atom. The van der Waals surface area contributed by atoms with Crippen molar-refractivity contribution < 1.29 is 14.9 Å². The number of phenols is 1. The Labute approximate surface area is 147 Å². The highest BCUT2D eigenvalue weighted by molar-refractivity contribution is 5.27. The second-order valence-corrected chi connectivity index (χ2v) is 7.24. The van der Waals surface area contributed by atoms with Crippen molar-refractivity contribution in [2.45, 2.75) is 25.0 Å². The maximum absolute atomic E-state index is 10.4. The van der Waals surface area contributed by atoms with Crippen molar-refractivity contribution >= 4 is 0 Å². The monoisotopic (exact) mass is 340 g/mol. The highest BCUT2D eigenvalue weighted by atomic mass is 16.5. The summed E-state index contributed by atoms with van der Waals surface area (Å²) in [7, 11) is 0. The number of ether oxygens (including phenoxy) is 1. The maximum Gasteiger partial charge on any atom is 0.122 e. The predicted molar refractivity (Wildman–Crippen MR) is 94.4 cm³/mol. The molecule has 1 saturated carbocycles. The molecule has 2 aliphatic rings. The van der Waals surface area contributed by atoms with Gasteiger partial charge in [-0.05, 0) is 54.5 Å². The van der Waals surface area contributed by atoms with E-state index >= 15 is 0 Å². The van der Waals surface area contributed by atoms with E-state index in [-0.39, 0.29) is 5.75 Å². The van der Waals surface area contributed by atoms with Gasteiger partial charge in [0.2, 0.25) is 0 Å². The quantitative estimate of drug-likeness (QED) is 0.876. The number of phenolic OH excluding ortho intramolecular Hbond substituents is 1. The topological polar surface area (TPSA) is 65.8 Å². The third-order valence-corrected chi connectivity index (χ3v) is 5.44. The molecule has 132 valence electrons. The van der Waals surface area contributed by atoms with E-state index in [9.17, 15) is 10.2 Å². The van der Waals surface area contributed by atoms with Gasteiger partial charge in [0.1, 0.15) is 11.5 Å². The number of rotatable bonds is 5. The maximum atomic E-state index is 10.4. The molecule has 0 bridgehead atoms. The summed E-state index contributed by atoms with van der Waals surface area (Å²) in [5.74, 6) is 2.43. The highest BCUT2D eigenvalue weighted by Gasteiger charge is 2.42. The van der Waals surface area contributed by atoms with Crippen LogP contribution in [0.15, 0.2) is 48.8 Å². The van der Waals surface area contributed by atoms with Crippen molar-refractivity contribution in [3.8, 4) is 11.5 Å². The molecule has 2 N–H and O–H groups in total. The Hall–Kier alpha value is -2.11. The molecular formula is C20H24N2O3. The van der Waals surface area contributed by atoms with Crippen molar-refractivity contribution in [1.82, 2.24) is 9.88 Å². The molecule has 1 aromatic heterocycles. The number of nitrogens with zero attached hydrogens (tertiary/aromatic N) is 2. The van der Waals surface area contributed by atoms with Crippen molar-refractivity contribution in [2.75, 3.05) is 19.6 Å². The molecule has 2 unspecified atom stereocenters. The summed E-state index contributed by atoms with van der Waals surface area (Å²) in [6, 6.07) is 10.6. The summed E-state index contributed by atoms with van der Waals surface area (Å²) in [6.45, 7) is 2.69. The van der Waals surface area contributed by atoms with E-state index < -0.39 is 6.10 Å². The third-order valence-electron chi connectivity index (χ3n) is 5.44. The SMILES string of the molecule is Oc1ccc(C(O)CN2C[C@H]3CC(Oc4ccncc4)C[C@H]3C2)cc1. The summed E-state index contributed by atoms with van der Waals surface area (Å²) in [5, 5.41) is 19.8. The Kier molecular flexibility index (Phi) is 4.59. The largest absolute Gasteiger partial charge is 0.508 e. The number of aliphatic hydroxyl groups excluding tert-OH is 1. The normalized spacial score (nSPS) is 27.2. The van der Waals surface area contributed by atoms with E-state index in [4.69, 9.17) is 4.74 Å². The van der Waals surface area contributed by atoms with Crippen LogP contribution in [-0.2, 0) is 0 Å². The van der Waals surface area contributed by atoms with Gasteiger partial charge in [-0.15, -0.1) is 0 Å². The van der Waals surface area contributed by atoms with Gasteiger partial charge in [-0.1, -0.05) is 12.1 Å². The number of aromatic hydroxyl groups is 1. The summed E-state index contributed by atoms with van der Waals surface area (Å²) in [4.78, 5) is 6.38. The fourth-order valence-electron chi connectivity index (χ4n) is 4.24. The molecule has 5 nitrogen and oxygen atoms in total. The van der Waals surface area contributed by atoms with Gasteiger partial charge in [-0.3, -0.25) is 9.88 Å². The van der Waals surface area contributed by atoms with E-state index in [1.807, 2.05) is 12.1 Å². The number of hydrogen-bond acceptors (Lipinski definition) is 5. The molecule has 5 heteroatoms. The van der Waals surface area contributed by atoms with Gasteiger partial charge >= 0.3 is 0 Å². The minimum absolute atomic E-state index is 0.229. The third kappa shape index (κ3) is 3.78. The van der Waals surface area contributed by atoms with Gasteiger partial charge in [-0.25, -0.2) is 0 Å². The zero-order valence-electron chi connectivity index (χ0n) is 14.2. The minimum atomic E-state index is -0.511. The van der Waals surface area contributed by atoms with Crippen LogP contribution in [-0.4, -0.2) is 45.8 Å². The van der Waals surface area contributed by atoms with Crippen LogP contribution in [0.3, 0.4) is 0 Å². The van der Waals surface area contributed by atoms with Crippen LogP contribution in [0, 0.1) is 11.8 Å². The van der Waals surface area contributed by atoms with Gasteiger partial charge in [-0.2, -0.15) is 0 Å². The highest BCUT2D eigenvalue weighted by Crippen LogP contribution is 2.40. The van der Waals surface area contributed by atoms with Crippen LogP contribution in [0.2, 0.25) is 0 Å². The zero-order chi connectivity index (χ0) is 17.2. The van der Waals surface area contributed by atoms with Gasteiger partial charge in [0.25, 0.3) is 0 Å². The first-order valence-electron chi connectivity index (χ1n) is 8.93. The van der Waals surface area contributed by atoms with Crippen molar-refractivity contribution in [3.63, 3.8) is 0 Å². The average molecular weight is 340 g/mol. The Morgan fingerprint density at radius 3 is 2.32 bits per heavy atom. The number of benzene rings is 1. The minimum Gasteiger partial charge on any atom is -0.508 e. The molecule has 0 amide bonds. The molecule has 0 radical (unpaired) electrons. The number of aromatic nitrogens is 1. The lowest BCUT2D eigenvalue weighted by atomic mass is 10.0. The molecule has 1 aliphatic heterocycles. The Balaban J connectivity index is 1.28. The summed E-state index contributed by atoms with van der Waals surface area (Å²) < 4.78 is 6.08. The molecule has 1 aliphatic carbocycles. The molecule has 2 heterocycles. The van der Waals surface area contributed by atoms with Crippen molar-refractivity contribution in [3.05, 3.63) is 54.4 Å². The first-order valence-corrected chi connectivity index (χ1v) is 8.93. The van der Waals surface area contributed by atoms with Crippen LogP contribution in [0.5, 0.6) is 11.5 Å². The predicted octanol–water partition coefficient (Wildman–Crippen LogP) is 2.61. The Bertz CT molecular complexity index is 678. The first kappa shape index (κ1) is 16.4. The fraction of sp³-hybridized carbons (Fsp3) is 0.450. The lowest BCUT2D eigenvalue weighted by molar-refractivity contribution is 0.116. The summed E-state index contributed by atoms with van der Waals surface area (Å²) in [5.41, 5.74) is 0.855. The molecule has 25 heavy (non-hydrogen) atoms. The standard InChI is InChI=1S/C20H24N2O3/c23-17-3-1-14(2-4-17)20(24)13-22-11-15-9-19(10-16(15)12-22)25-18-5-7-21-8-6-18/h1-8,15-16,19-20,23-24H,9-13H2/t15-,16+,19?,20?. The second kappa shape index (κ2) is 7.02. The molecule has 4 atom stereocenters. The zero-order valence-corrected chi connectivity index (χ0v) is 14.2. The number of fused-ring (bicyclic) bond motifs is 1. The smallest absolute Gasteiger partial charge is 0.122 e. The number of hydrogen-bond donors (Lipinski definition) is 2. The van der Waals surface area contributed by atoms with Crippen LogP contribution in [0.4, 0.5) is 0 Å². The van der Waals surface area contributed by atoms with Crippen molar-refractivity contribution in [1.29, 1.82) is 0 Å². The molecule has 1 aromatic carbocycles. The lowest BCUT2D eigenvalue weighted by Gasteiger charge is -2.22.